The summed E-state index contributed by atoms with van der Waals surface area (Å²) < 4.78 is 0. The first-order chi connectivity index (χ1) is 9.71. The molecule has 5 heteroatoms. The lowest BCUT2D eigenvalue weighted by Crippen LogP contribution is -2.50. The van der Waals surface area contributed by atoms with Gasteiger partial charge in [0.05, 0.1) is 12.5 Å². The van der Waals surface area contributed by atoms with Crippen molar-refractivity contribution >= 4 is 17.6 Å². The summed E-state index contributed by atoms with van der Waals surface area (Å²) in [6.07, 6.45) is 0.0194. The molecule has 1 aromatic rings. The van der Waals surface area contributed by atoms with Gasteiger partial charge in [-0.25, -0.2) is 0 Å². The zero-order valence-electron chi connectivity index (χ0n) is 12.7. The number of fused-ring (bicyclic) bond motifs is 1. The zero-order chi connectivity index (χ0) is 15.8. The van der Waals surface area contributed by atoms with Gasteiger partial charge in [-0.1, -0.05) is 39.0 Å². The molecule has 2 atom stereocenters. The normalized spacial score (nSPS) is 19.2. The summed E-state index contributed by atoms with van der Waals surface area (Å²) in [5.41, 5.74) is 7.43. The van der Waals surface area contributed by atoms with Crippen LogP contribution in [0.1, 0.15) is 38.7 Å². The maximum atomic E-state index is 12.6. The van der Waals surface area contributed by atoms with E-state index in [1.807, 2.05) is 45.0 Å². The smallest absolute Gasteiger partial charge is 0.304 e. The van der Waals surface area contributed by atoms with Crippen molar-refractivity contribution in [1.82, 2.24) is 0 Å². The Morgan fingerprint density at radius 1 is 1.38 bits per heavy atom. The number of nitrogens with zero attached hydrogens (tertiary/aromatic N) is 1. The number of anilines is 1. The monoisotopic (exact) mass is 290 g/mol. The molecule has 0 spiro atoms. The molecule has 0 aliphatic carbocycles. The van der Waals surface area contributed by atoms with E-state index in [2.05, 4.69) is 0 Å². The van der Waals surface area contributed by atoms with Gasteiger partial charge in [-0.2, -0.15) is 0 Å². The SMILES string of the molecule is CC(C)(C)[C@@H](N)C(=O)N1CC(CC(=O)O)c2ccccc21. The largest absolute Gasteiger partial charge is 0.481 e. The van der Waals surface area contributed by atoms with Crippen LogP contribution >= 0.6 is 0 Å². The Morgan fingerprint density at radius 3 is 2.57 bits per heavy atom. The molecule has 1 aliphatic rings. The van der Waals surface area contributed by atoms with Crippen molar-refractivity contribution in [2.75, 3.05) is 11.4 Å². The summed E-state index contributed by atoms with van der Waals surface area (Å²) in [6.45, 7) is 6.15. The van der Waals surface area contributed by atoms with E-state index in [-0.39, 0.29) is 23.7 Å². The molecule has 1 unspecified atom stereocenters. The fourth-order valence-corrected chi connectivity index (χ4v) is 2.63. The van der Waals surface area contributed by atoms with Gasteiger partial charge >= 0.3 is 5.97 Å². The van der Waals surface area contributed by atoms with Crippen LogP contribution in [0.5, 0.6) is 0 Å². The number of amides is 1. The molecule has 114 valence electrons. The van der Waals surface area contributed by atoms with Crippen molar-refractivity contribution in [1.29, 1.82) is 0 Å². The van der Waals surface area contributed by atoms with E-state index in [4.69, 9.17) is 10.8 Å². The molecule has 21 heavy (non-hydrogen) atoms. The Bertz CT molecular complexity index is 563. The molecule has 5 nitrogen and oxygen atoms in total. The van der Waals surface area contributed by atoms with Crippen LogP contribution in [0.15, 0.2) is 24.3 Å². The summed E-state index contributed by atoms with van der Waals surface area (Å²) in [7, 11) is 0. The second kappa shape index (κ2) is 5.48. The minimum atomic E-state index is -0.857. The van der Waals surface area contributed by atoms with Gasteiger partial charge in [0.15, 0.2) is 0 Å². The molecule has 1 aromatic carbocycles. The maximum absolute atomic E-state index is 12.6. The molecule has 1 aliphatic heterocycles. The number of carboxylic acids is 1. The van der Waals surface area contributed by atoms with Crippen molar-refractivity contribution < 1.29 is 14.7 Å². The number of para-hydroxylation sites is 1. The average Bonchev–Trinajstić information content (AvgIpc) is 2.74. The van der Waals surface area contributed by atoms with Crippen LogP contribution in [0, 0.1) is 5.41 Å². The number of carbonyl (C=O) groups is 2. The second-order valence-corrected chi connectivity index (χ2v) is 6.65. The fraction of sp³-hybridized carbons (Fsp3) is 0.500. The van der Waals surface area contributed by atoms with Crippen molar-refractivity contribution in [3.05, 3.63) is 29.8 Å². The minimum Gasteiger partial charge on any atom is -0.481 e. The molecule has 0 bridgehead atoms. The lowest BCUT2D eigenvalue weighted by Gasteiger charge is -2.30. The first-order valence-electron chi connectivity index (χ1n) is 7.09. The van der Waals surface area contributed by atoms with Gasteiger partial charge in [-0.05, 0) is 17.0 Å². The number of benzene rings is 1. The Balaban J connectivity index is 2.31. The number of hydrogen-bond acceptors (Lipinski definition) is 3. The molecule has 2 rings (SSSR count). The predicted molar refractivity (Wildman–Crippen MR) is 81.2 cm³/mol. The number of aliphatic carboxylic acids is 1. The van der Waals surface area contributed by atoms with Crippen LogP contribution in [-0.2, 0) is 9.59 Å². The van der Waals surface area contributed by atoms with Crippen LogP contribution in [0.2, 0.25) is 0 Å². The van der Waals surface area contributed by atoms with Crippen LogP contribution in [0.25, 0.3) is 0 Å². The van der Waals surface area contributed by atoms with E-state index in [1.165, 1.54) is 0 Å². The Kier molecular flexibility index (Phi) is 4.05. The van der Waals surface area contributed by atoms with E-state index in [0.29, 0.717) is 6.54 Å². The van der Waals surface area contributed by atoms with Gasteiger partial charge in [0, 0.05) is 18.2 Å². The van der Waals surface area contributed by atoms with Gasteiger partial charge < -0.3 is 15.7 Å². The van der Waals surface area contributed by atoms with Crippen LogP contribution in [0.4, 0.5) is 5.69 Å². The summed E-state index contributed by atoms with van der Waals surface area (Å²) in [6, 6.07) is 6.84. The highest BCUT2D eigenvalue weighted by Crippen LogP contribution is 2.38. The summed E-state index contributed by atoms with van der Waals surface area (Å²) >= 11 is 0. The summed E-state index contributed by atoms with van der Waals surface area (Å²) in [5, 5.41) is 9.03. The van der Waals surface area contributed by atoms with Gasteiger partial charge in [-0.15, -0.1) is 0 Å². The van der Waals surface area contributed by atoms with Gasteiger partial charge in [-0.3, -0.25) is 9.59 Å². The highest BCUT2D eigenvalue weighted by molar-refractivity contribution is 5.99. The first kappa shape index (κ1) is 15.5. The van der Waals surface area contributed by atoms with Gasteiger partial charge in [0.2, 0.25) is 5.91 Å². The first-order valence-corrected chi connectivity index (χ1v) is 7.09. The third kappa shape index (κ3) is 3.08. The number of hydrogen-bond donors (Lipinski definition) is 2. The average molecular weight is 290 g/mol. The molecule has 0 radical (unpaired) electrons. The number of carbonyl (C=O) groups excluding carboxylic acids is 1. The van der Waals surface area contributed by atoms with Crippen molar-refractivity contribution in [3.8, 4) is 0 Å². The second-order valence-electron chi connectivity index (χ2n) is 6.65. The molecule has 3 N–H and O–H groups in total. The highest BCUT2D eigenvalue weighted by Gasteiger charge is 2.38. The maximum Gasteiger partial charge on any atom is 0.304 e. The minimum absolute atomic E-state index is 0.0194. The van der Waals surface area contributed by atoms with E-state index in [9.17, 15) is 9.59 Å². The standard InChI is InChI=1S/C16H22N2O3/c1-16(2,3)14(17)15(21)18-9-10(8-13(19)20)11-6-4-5-7-12(11)18/h4-7,10,14H,8-9,17H2,1-3H3,(H,19,20)/t10?,14-/m0/s1. The number of nitrogens with two attached hydrogens (primary N) is 1. The van der Waals surface area contributed by atoms with Crippen molar-refractivity contribution in [3.63, 3.8) is 0 Å². The molecule has 0 saturated heterocycles. The van der Waals surface area contributed by atoms with Crippen molar-refractivity contribution in [2.45, 2.75) is 39.2 Å². The Morgan fingerprint density at radius 2 is 2.00 bits per heavy atom. The van der Waals surface area contributed by atoms with Gasteiger partial charge in [0.25, 0.3) is 0 Å². The van der Waals surface area contributed by atoms with E-state index in [0.717, 1.165) is 11.3 Å². The van der Waals surface area contributed by atoms with Crippen LogP contribution in [-0.4, -0.2) is 29.6 Å². The van der Waals surface area contributed by atoms with E-state index in [1.54, 1.807) is 4.90 Å². The summed E-state index contributed by atoms with van der Waals surface area (Å²) in [5.74, 6) is -1.18. The third-order valence-corrected chi connectivity index (χ3v) is 3.96. The zero-order valence-corrected chi connectivity index (χ0v) is 12.7. The third-order valence-electron chi connectivity index (χ3n) is 3.96. The molecular weight excluding hydrogens is 268 g/mol. The Hall–Kier alpha value is -1.88. The van der Waals surface area contributed by atoms with E-state index < -0.39 is 12.0 Å². The summed E-state index contributed by atoms with van der Waals surface area (Å²) in [4.78, 5) is 25.3. The highest BCUT2D eigenvalue weighted by atomic mass is 16.4. The van der Waals surface area contributed by atoms with Crippen LogP contribution in [0.3, 0.4) is 0 Å². The predicted octanol–water partition coefficient (Wildman–Crippen LogP) is 1.96. The molecular formula is C16H22N2O3. The Labute approximate surface area is 124 Å². The molecule has 0 aromatic heterocycles. The van der Waals surface area contributed by atoms with Crippen molar-refractivity contribution in [2.24, 2.45) is 11.1 Å². The van der Waals surface area contributed by atoms with Crippen LogP contribution < -0.4 is 10.6 Å². The molecule has 1 heterocycles. The lowest BCUT2D eigenvalue weighted by atomic mass is 9.86. The fourth-order valence-electron chi connectivity index (χ4n) is 2.63. The molecule has 1 amide bonds. The topological polar surface area (TPSA) is 83.6 Å². The molecule has 0 fully saturated rings. The number of carboxylic acid groups (broad SMARTS) is 1. The molecule has 0 saturated carbocycles. The quantitative estimate of drug-likeness (QED) is 0.891. The van der Waals surface area contributed by atoms with E-state index >= 15 is 0 Å². The van der Waals surface area contributed by atoms with Gasteiger partial charge in [0.1, 0.15) is 0 Å². The number of rotatable bonds is 3. The lowest BCUT2D eigenvalue weighted by molar-refractivity contribution is -0.137.